The first-order chi connectivity index (χ1) is 17.1. The number of nitrogens with zero attached hydrogens (tertiary/aromatic N) is 6. The second kappa shape index (κ2) is 9.52. The van der Waals surface area contributed by atoms with Gasteiger partial charge in [-0.15, -0.1) is 10.2 Å². The molecule has 36 heavy (non-hydrogen) atoms. The van der Waals surface area contributed by atoms with Crippen LogP contribution in [0.25, 0.3) is 16.8 Å². The molecular weight excluding hydrogens is 494 g/mol. The highest BCUT2D eigenvalue weighted by molar-refractivity contribution is 7.90. The molecule has 0 unspecified atom stereocenters. The summed E-state index contributed by atoms with van der Waals surface area (Å²) in [7, 11) is -4.46. The van der Waals surface area contributed by atoms with Crippen molar-refractivity contribution in [3.8, 4) is 6.07 Å². The topological polar surface area (TPSA) is 127 Å². The Kier molecular flexibility index (Phi) is 6.69. The lowest BCUT2D eigenvalue weighted by molar-refractivity contribution is 0.0898. The van der Waals surface area contributed by atoms with Crippen LogP contribution in [0.2, 0.25) is 25.7 Å². The van der Waals surface area contributed by atoms with Crippen LogP contribution >= 0.6 is 0 Å². The van der Waals surface area contributed by atoms with Gasteiger partial charge in [-0.25, -0.2) is 18.1 Å². The minimum Gasteiger partial charge on any atom is -0.361 e. The summed E-state index contributed by atoms with van der Waals surface area (Å²) >= 11 is 0. The molecule has 0 radical (unpaired) electrons. The van der Waals surface area contributed by atoms with Crippen molar-refractivity contribution in [3.05, 3.63) is 23.8 Å². The van der Waals surface area contributed by atoms with Crippen molar-refractivity contribution in [2.24, 2.45) is 5.92 Å². The van der Waals surface area contributed by atoms with Crippen LogP contribution in [0.15, 0.2) is 12.4 Å². The summed E-state index contributed by atoms with van der Waals surface area (Å²) in [4.78, 5) is 4.60. The second-order valence-corrected chi connectivity index (χ2v) is 19.1. The maximum Gasteiger partial charge on any atom is 0.214 e. The maximum absolute atomic E-state index is 12.6. The fraction of sp³-hybridized carbons (Fsp3) is 0.667. The Morgan fingerprint density at radius 2 is 2.03 bits per heavy atom. The summed E-state index contributed by atoms with van der Waals surface area (Å²) in [6, 6.07) is 3.26. The fourth-order valence-corrected chi connectivity index (χ4v) is 7.65. The maximum atomic E-state index is 12.6. The predicted molar refractivity (Wildman–Crippen MR) is 140 cm³/mol. The van der Waals surface area contributed by atoms with Crippen molar-refractivity contribution in [2.75, 3.05) is 6.61 Å². The van der Waals surface area contributed by atoms with Crippen LogP contribution in [0, 0.1) is 17.2 Å². The Balaban J connectivity index is 1.47. The molecule has 0 saturated heterocycles. The molecule has 3 heterocycles. The van der Waals surface area contributed by atoms with Crippen molar-refractivity contribution in [3.63, 3.8) is 0 Å². The van der Waals surface area contributed by atoms with E-state index in [0.29, 0.717) is 42.1 Å². The molecule has 0 bridgehead atoms. The van der Waals surface area contributed by atoms with E-state index in [9.17, 15) is 13.7 Å². The molecule has 12 heteroatoms. The zero-order valence-electron chi connectivity index (χ0n) is 21.4. The average Bonchev–Trinajstić information content (AvgIpc) is 3.35. The molecule has 5 rings (SSSR count). The number of hydrogen-bond acceptors (Lipinski definition) is 7. The van der Waals surface area contributed by atoms with E-state index in [4.69, 9.17) is 4.74 Å². The Morgan fingerprint density at radius 3 is 2.69 bits per heavy atom. The molecule has 0 aliphatic heterocycles. The Hall–Kier alpha value is -2.33. The molecule has 0 spiro atoms. The van der Waals surface area contributed by atoms with Crippen molar-refractivity contribution in [1.29, 1.82) is 5.26 Å². The lowest BCUT2D eigenvalue weighted by atomic mass is 9.93. The molecule has 0 amide bonds. The number of nitriles is 1. The first-order valence-electron chi connectivity index (χ1n) is 12.8. The minimum absolute atomic E-state index is 0.0328. The first kappa shape index (κ1) is 25.3. The third kappa shape index (κ3) is 4.94. The largest absolute Gasteiger partial charge is 0.361 e. The van der Waals surface area contributed by atoms with E-state index in [1.54, 1.807) is 12.4 Å². The molecule has 194 valence electrons. The summed E-state index contributed by atoms with van der Waals surface area (Å²) < 4.78 is 37.9. The molecule has 2 aliphatic carbocycles. The van der Waals surface area contributed by atoms with Crippen LogP contribution in [-0.4, -0.2) is 58.5 Å². The first-order valence-corrected chi connectivity index (χ1v) is 18.1. The Morgan fingerprint density at radius 1 is 1.25 bits per heavy atom. The molecule has 2 aliphatic rings. The summed E-state index contributed by atoms with van der Waals surface area (Å²) in [5.41, 5.74) is 2.42. The van der Waals surface area contributed by atoms with Crippen LogP contribution in [-0.2, 0) is 21.5 Å². The van der Waals surface area contributed by atoms with E-state index in [1.165, 1.54) is 0 Å². The SMILES string of the molecule is CC[C@@H]1C[C@H](NS(=O)(=O)C2CC2)C[C@@H]1c1nnc2cnc3c(c(C#N)cn3COCC[Si](C)(C)C)n12. The van der Waals surface area contributed by atoms with Gasteiger partial charge in [0.25, 0.3) is 0 Å². The molecule has 3 aromatic heterocycles. The average molecular weight is 530 g/mol. The highest BCUT2D eigenvalue weighted by Crippen LogP contribution is 2.42. The van der Waals surface area contributed by atoms with Crippen LogP contribution in [0.5, 0.6) is 0 Å². The standard InChI is InChI=1S/C24H35N7O3SSi/c1-5-16-10-18(29-35(32,33)19-6-7-19)11-20(16)23-28-27-21-13-26-24-22(31(21)23)17(12-25)14-30(24)15-34-8-9-36(2,3)4/h13-14,16,18-20,29H,5-11,15H2,1-4H3/t16-,18+,20+/m1/s1. The highest BCUT2D eigenvalue weighted by Gasteiger charge is 2.42. The summed E-state index contributed by atoms with van der Waals surface area (Å²) in [6.45, 7) is 10.1. The summed E-state index contributed by atoms with van der Waals surface area (Å²) in [6.07, 6.45) is 7.31. The van der Waals surface area contributed by atoms with Gasteiger partial charge in [0.2, 0.25) is 10.0 Å². The van der Waals surface area contributed by atoms with Gasteiger partial charge in [0.1, 0.15) is 24.1 Å². The van der Waals surface area contributed by atoms with Crippen LogP contribution in [0.4, 0.5) is 0 Å². The second-order valence-electron chi connectivity index (χ2n) is 11.5. The highest BCUT2D eigenvalue weighted by atomic mass is 32.2. The van der Waals surface area contributed by atoms with Gasteiger partial charge in [-0.2, -0.15) is 5.26 Å². The number of fused-ring (bicyclic) bond motifs is 3. The van der Waals surface area contributed by atoms with Gasteiger partial charge < -0.3 is 9.30 Å². The lowest BCUT2D eigenvalue weighted by Crippen LogP contribution is -2.35. The van der Waals surface area contributed by atoms with E-state index in [1.807, 2.05) is 8.97 Å². The minimum atomic E-state index is -3.26. The van der Waals surface area contributed by atoms with Crippen LogP contribution in [0.1, 0.15) is 56.3 Å². The smallest absolute Gasteiger partial charge is 0.214 e. The predicted octanol–water partition coefficient (Wildman–Crippen LogP) is 3.62. The van der Waals surface area contributed by atoms with E-state index in [0.717, 1.165) is 37.6 Å². The van der Waals surface area contributed by atoms with Crippen molar-refractivity contribution >= 4 is 34.9 Å². The molecule has 1 N–H and O–H groups in total. The zero-order valence-corrected chi connectivity index (χ0v) is 23.3. The molecule has 2 fully saturated rings. The summed E-state index contributed by atoms with van der Waals surface area (Å²) in [5.74, 6) is 1.07. The molecule has 3 aromatic rings. The van der Waals surface area contributed by atoms with Gasteiger partial charge in [-0.05, 0) is 37.6 Å². The number of rotatable bonds is 10. The van der Waals surface area contributed by atoms with Gasteiger partial charge in [0.05, 0.1) is 17.0 Å². The van der Waals surface area contributed by atoms with Crippen molar-refractivity contribution < 1.29 is 13.2 Å². The van der Waals surface area contributed by atoms with Gasteiger partial charge in [-0.1, -0.05) is 33.0 Å². The van der Waals surface area contributed by atoms with Gasteiger partial charge >= 0.3 is 0 Å². The van der Waals surface area contributed by atoms with E-state index in [2.05, 4.69) is 52.5 Å². The Bertz CT molecular complexity index is 1420. The third-order valence-electron chi connectivity index (χ3n) is 7.46. The third-order valence-corrected chi connectivity index (χ3v) is 11.2. The number of sulfonamides is 1. The lowest BCUT2D eigenvalue weighted by Gasteiger charge is -2.16. The van der Waals surface area contributed by atoms with Crippen molar-refractivity contribution in [1.82, 2.24) is 28.9 Å². The van der Waals surface area contributed by atoms with Gasteiger partial charge in [0.15, 0.2) is 11.3 Å². The van der Waals surface area contributed by atoms with E-state index in [-0.39, 0.29) is 23.1 Å². The Labute approximate surface area is 213 Å². The molecule has 2 saturated carbocycles. The van der Waals surface area contributed by atoms with E-state index < -0.39 is 18.1 Å². The van der Waals surface area contributed by atoms with Gasteiger partial charge in [-0.3, -0.25) is 4.40 Å². The van der Waals surface area contributed by atoms with E-state index >= 15 is 0 Å². The number of nitrogens with one attached hydrogen (secondary N) is 1. The quantitative estimate of drug-likeness (QED) is 0.314. The van der Waals surface area contributed by atoms with Gasteiger partial charge in [0, 0.05) is 32.8 Å². The van der Waals surface area contributed by atoms with Crippen molar-refractivity contribution in [2.45, 2.75) is 88.7 Å². The number of ether oxygens (including phenoxy) is 1. The fourth-order valence-electron chi connectivity index (χ4n) is 5.29. The molecule has 3 atom stereocenters. The summed E-state index contributed by atoms with van der Waals surface area (Å²) in [5, 5.41) is 18.6. The molecular formula is C24H35N7O3SSi. The number of hydrogen-bond donors (Lipinski definition) is 1. The van der Waals surface area contributed by atoms with Crippen LogP contribution in [0.3, 0.4) is 0 Å². The monoisotopic (exact) mass is 529 g/mol. The zero-order chi connectivity index (χ0) is 25.7. The van der Waals surface area contributed by atoms with Crippen LogP contribution < -0.4 is 4.72 Å². The molecule has 0 aromatic carbocycles. The molecule has 10 nitrogen and oxygen atoms in total. The number of aromatic nitrogens is 5. The normalized spacial score (nSPS) is 23.0.